The van der Waals surface area contributed by atoms with Gasteiger partial charge in [0.25, 0.3) is 5.91 Å². The number of carbonyl (C=O) groups excluding carboxylic acids is 1. The van der Waals surface area contributed by atoms with E-state index in [4.69, 9.17) is 4.74 Å². The lowest BCUT2D eigenvalue weighted by Crippen LogP contribution is -2.15. The van der Waals surface area contributed by atoms with Gasteiger partial charge in [-0.15, -0.1) is 0 Å². The number of aryl methyl sites for hydroxylation is 1. The van der Waals surface area contributed by atoms with Gasteiger partial charge in [0.15, 0.2) is 0 Å². The number of amides is 1. The van der Waals surface area contributed by atoms with Crippen LogP contribution in [0.25, 0.3) is 0 Å². The van der Waals surface area contributed by atoms with Crippen molar-refractivity contribution in [2.24, 2.45) is 0 Å². The summed E-state index contributed by atoms with van der Waals surface area (Å²) in [7, 11) is 0. The average Bonchev–Trinajstić information content (AvgIpc) is 3.13. The van der Waals surface area contributed by atoms with Crippen LogP contribution in [0.2, 0.25) is 0 Å². The number of aromatic nitrogens is 2. The maximum absolute atomic E-state index is 12.6. The van der Waals surface area contributed by atoms with Crippen LogP contribution in [0, 0.1) is 0 Å². The second kappa shape index (κ2) is 6.73. The Morgan fingerprint density at radius 1 is 0.960 bits per heavy atom. The summed E-state index contributed by atoms with van der Waals surface area (Å²) in [6.07, 6.45) is 4.41. The lowest BCUT2D eigenvalue weighted by Gasteiger charge is -2.10. The second-order valence-corrected chi connectivity index (χ2v) is 5.90. The molecule has 0 fully saturated rings. The van der Waals surface area contributed by atoms with Crippen LogP contribution >= 0.6 is 0 Å². The summed E-state index contributed by atoms with van der Waals surface area (Å²) in [5, 5.41) is 2.90. The average molecular weight is 331 g/mol. The van der Waals surface area contributed by atoms with E-state index >= 15 is 0 Å². The van der Waals surface area contributed by atoms with Crippen molar-refractivity contribution in [3.8, 4) is 11.5 Å². The minimum atomic E-state index is -0.202. The lowest BCUT2D eigenvalue weighted by atomic mass is 10.2. The lowest BCUT2D eigenvalue weighted by molar-refractivity contribution is 0.102. The first-order valence-corrected chi connectivity index (χ1v) is 8.27. The number of hydrogen-bond donors (Lipinski definition) is 1. The highest BCUT2D eigenvalue weighted by Crippen LogP contribution is 2.26. The summed E-state index contributed by atoms with van der Waals surface area (Å²) < 4.78 is 5.79. The number of anilines is 1. The van der Waals surface area contributed by atoms with E-state index in [0.717, 1.165) is 36.3 Å². The fraction of sp³-hybridized carbons (Fsp3) is 0.150. The van der Waals surface area contributed by atoms with Crippen LogP contribution in [0.3, 0.4) is 0 Å². The van der Waals surface area contributed by atoms with Crippen LogP contribution in [0.15, 0.2) is 60.9 Å². The Hall–Kier alpha value is -3.21. The van der Waals surface area contributed by atoms with Crippen molar-refractivity contribution < 1.29 is 9.53 Å². The Kier molecular flexibility index (Phi) is 4.12. The topological polar surface area (TPSA) is 64.1 Å². The van der Waals surface area contributed by atoms with Gasteiger partial charge in [0.2, 0.25) is 0 Å². The van der Waals surface area contributed by atoms with Crippen molar-refractivity contribution in [3.05, 3.63) is 77.7 Å². The molecule has 0 bridgehead atoms. The molecule has 0 unspecified atom stereocenters. The van der Waals surface area contributed by atoms with Gasteiger partial charge < -0.3 is 10.1 Å². The monoisotopic (exact) mass is 331 g/mol. The molecule has 1 amide bonds. The minimum absolute atomic E-state index is 0.202. The Labute approximate surface area is 145 Å². The van der Waals surface area contributed by atoms with Crippen LogP contribution < -0.4 is 10.1 Å². The van der Waals surface area contributed by atoms with Gasteiger partial charge in [-0.3, -0.25) is 4.79 Å². The fourth-order valence-corrected chi connectivity index (χ4v) is 2.97. The van der Waals surface area contributed by atoms with E-state index in [-0.39, 0.29) is 5.91 Å². The normalized spacial score (nSPS) is 12.5. The van der Waals surface area contributed by atoms with Gasteiger partial charge >= 0.3 is 0 Å². The zero-order chi connectivity index (χ0) is 17.1. The summed E-state index contributed by atoms with van der Waals surface area (Å²) in [6.45, 7) is 0. The number of fused-ring (bicyclic) bond motifs is 1. The van der Waals surface area contributed by atoms with E-state index in [0.29, 0.717) is 17.1 Å². The molecule has 124 valence electrons. The molecule has 0 aliphatic heterocycles. The van der Waals surface area contributed by atoms with E-state index in [2.05, 4.69) is 15.3 Å². The van der Waals surface area contributed by atoms with Crippen LogP contribution in [0.4, 0.5) is 5.82 Å². The van der Waals surface area contributed by atoms with Gasteiger partial charge in [-0.2, -0.15) is 0 Å². The Balaban J connectivity index is 1.53. The maximum atomic E-state index is 12.6. The Morgan fingerprint density at radius 2 is 1.80 bits per heavy atom. The summed E-state index contributed by atoms with van der Waals surface area (Å²) in [5.41, 5.74) is 2.61. The van der Waals surface area contributed by atoms with Crippen molar-refractivity contribution in [2.45, 2.75) is 19.3 Å². The third-order valence-electron chi connectivity index (χ3n) is 4.18. The van der Waals surface area contributed by atoms with Gasteiger partial charge in [0, 0.05) is 16.8 Å². The van der Waals surface area contributed by atoms with Crippen molar-refractivity contribution >= 4 is 11.7 Å². The zero-order valence-corrected chi connectivity index (χ0v) is 13.6. The highest BCUT2D eigenvalue weighted by molar-refractivity contribution is 6.04. The molecule has 1 heterocycles. The number of carbonyl (C=O) groups is 1. The van der Waals surface area contributed by atoms with Crippen molar-refractivity contribution in [3.63, 3.8) is 0 Å². The van der Waals surface area contributed by atoms with Crippen molar-refractivity contribution in [1.82, 2.24) is 9.97 Å². The predicted molar refractivity (Wildman–Crippen MR) is 95.0 cm³/mol. The smallest absolute Gasteiger partial charge is 0.256 e. The molecule has 1 aliphatic rings. The molecule has 3 aromatic rings. The number of hydrogen-bond acceptors (Lipinski definition) is 4. The number of para-hydroxylation sites is 1. The van der Waals surface area contributed by atoms with E-state index in [9.17, 15) is 4.79 Å². The number of nitrogens with zero attached hydrogens (tertiary/aromatic N) is 2. The third kappa shape index (κ3) is 3.35. The molecule has 25 heavy (non-hydrogen) atoms. The molecule has 5 heteroatoms. The van der Waals surface area contributed by atoms with Crippen molar-refractivity contribution in [2.75, 3.05) is 5.32 Å². The molecule has 5 nitrogen and oxygen atoms in total. The van der Waals surface area contributed by atoms with Gasteiger partial charge in [-0.1, -0.05) is 24.3 Å². The largest absolute Gasteiger partial charge is 0.457 e. The van der Waals surface area contributed by atoms with Gasteiger partial charge in [0.1, 0.15) is 23.6 Å². The Bertz CT molecular complexity index is 910. The minimum Gasteiger partial charge on any atom is -0.457 e. The summed E-state index contributed by atoms with van der Waals surface area (Å²) in [6, 6.07) is 16.6. The van der Waals surface area contributed by atoms with Crippen molar-refractivity contribution in [1.29, 1.82) is 0 Å². The molecule has 4 rings (SSSR count). The molecule has 1 aromatic heterocycles. The van der Waals surface area contributed by atoms with Gasteiger partial charge in [0.05, 0.1) is 0 Å². The number of nitrogens with one attached hydrogen (secondary N) is 1. The first-order chi connectivity index (χ1) is 12.3. The zero-order valence-electron chi connectivity index (χ0n) is 13.6. The standard InChI is InChI=1S/C20H17N3O2/c24-20(23-19-17-10-5-11-18(17)21-13-22-19)14-6-4-9-16(12-14)25-15-7-2-1-3-8-15/h1-4,6-9,12-13H,5,10-11H2,(H,21,22,23,24). The molecular formula is C20H17N3O2. The van der Waals surface area contributed by atoms with E-state index < -0.39 is 0 Å². The fourth-order valence-electron chi connectivity index (χ4n) is 2.97. The van der Waals surface area contributed by atoms with Gasteiger partial charge in [-0.05, 0) is 49.6 Å². The predicted octanol–water partition coefficient (Wildman–Crippen LogP) is 4.01. The van der Waals surface area contributed by atoms with E-state index in [1.54, 1.807) is 18.2 Å². The SMILES string of the molecule is O=C(Nc1ncnc2c1CCC2)c1cccc(Oc2ccccc2)c1. The molecule has 0 spiro atoms. The number of rotatable bonds is 4. The molecule has 0 radical (unpaired) electrons. The Morgan fingerprint density at radius 3 is 2.68 bits per heavy atom. The van der Waals surface area contributed by atoms with Crippen LogP contribution in [-0.4, -0.2) is 15.9 Å². The summed E-state index contributed by atoms with van der Waals surface area (Å²) in [5.74, 6) is 1.76. The molecule has 1 N–H and O–H groups in total. The van der Waals surface area contributed by atoms with Crippen LogP contribution in [-0.2, 0) is 12.8 Å². The highest BCUT2D eigenvalue weighted by Gasteiger charge is 2.19. The van der Waals surface area contributed by atoms with E-state index in [1.165, 1.54) is 6.33 Å². The highest BCUT2D eigenvalue weighted by atomic mass is 16.5. The summed E-state index contributed by atoms with van der Waals surface area (Å²) >= 11 is 0. The summed E-state index contributed by atoms with van der Waals surface area (Å²) in [4.78, 5) is 21.1. The maximum Gasteiger partial charge on any atom is 0.256 e. The molecule has 2 aromatic carbocycles. The number of ether oxygens (including phenoxy) is 1. The first-order valence-electron chi connectivity index (χ1n) is 8.27. The molecule has 0 atom stereocenters. The third-order valence-corrected chi connectivity index (χ3v) is 4.18. The number of benzene rings is 2. The van der Waals surface area contributed by atoms with Gasteiger partial charge in [-0.25, -0.2) is 9.97 Å². The molecule has 0 saturated carbocycles. The van der Waals surface area contributed by atoms with Crippen LogP contribution in [0.1, 0.15) is 28.0 Å². The quantitative estimate of drug-likeness (QED) is 0.784. The van der Waals surface area contributed by atoms with E-state index in [1.807, 2.05) is 36.4 Å². The van der Waals surface area contributed by atoms with Crippen LogP contribution in [0.5, 0.6) is 11.5 Å². The first kappa shape index (κ1) is 15.3. The molecule has 1 aliphatic carbocycles. The molecular weight excluding hydrogens is 314 g/mol. The molecule has 0 saturated heterocycles. The second-order valence-electron chi connectivity index (χ2n) is 5.90.